The van der Waals surface area contributed by atoms with Gasteiger partial charge in [0.15, 0.2) is 5.78 Å². The third kappa shape index (κ3) is 4.20. The Labute approximate surface area is 158 Å². The van der Waals surface area contributed by atoms with E-state index in [0.717, 1.165) is 11.0 Å². The van der Waals surface area contributed by atoms with Gasteiger partial charge in [-0.15, -0.1) is 0 Å². The molecule has 27 heavy (non-hydrogen) atoms. The second kappa shape index (κ2) is 8.54. The highest BCUT2D eigenvalue weighted by Crippen LogP contribution is 2.26. The van der Waals surface area contributed by atoms with Gasteiger partial charge in [-0.25, -0.2) is 0 Å². The van der Waals surface area contributed by atoms with Gasteiger partial charge in [0.2, 0.25) is 5.88 Å². The Bertz CT molecular complexity index is 935. The number of ketones is 1. The van der Waals surface area contributed by atoms with E-state index < -0.39 is 17.2 Å². The van der Waals surface area contributed by atoms with E-state index in [4.69, 9.17) is 4.74 Å². The molecule has 1 N–H and O–H groups in total. The molecule has 1 aromatic carbocycles. The molecule has 1 aromatic heterocycles. The molecular weight excluding hydrogens is 344 g/mol. The second-order valence-corrected chi connectivity index (χ2v) is 6.64. The van der Waals surface area contributed by atoms with Crippen LogP contribution >= 0.6 is 0 Å². The third-order valence-corrected chi connectivity index (χ3v) is 4.25. The molecule has 0 fully saturated rings. The number of nitrogens with zero attached hydrogens (tertiary/aromatic N) is 2. The van der Waals surface area contributed by atoms with E-state index >= 15 is 0 Å². The van der Waals surface area contributed by atoms with E-state index in [0.29, 0.717) is 17.7 Å². The molecule has 0 aliphatic heterocycles. The minimum atomic E-state index is -0.571. The molecule has 0 aliphatic carbocycles. The molecule has 0 saturated heterocycles. The summed E-state index contributed by atoms with van der Waals surface area (Å²) >= 11 is 0. The van der Waals surface area contributed by atoms with Crippen molar-refractivity contribution < 1.29 is 14.6 Å². The highest BCUT2D eigenvalue weighted by Gasteiger charge is 2.24. The van der Waals surface area contributed by atoms with Crippen molar-refractivity contribution in [2.24, 2.45) is 0 Å². The van der Waals surface area contributed by atoms with Crippen LogP contribution in [0.1, 0.15) is 60.7 Å². The van der Waals surface area contributed by atoms with Crippen LogP contribution in [0.2, 0.25) is 0 Å². The molecule has 6 heteroatoms. The summed E-state index contributed by atoms with van der Waals surface area (Å²) in [5.74, 6) is -0.201. The standard InChI is InChI=1S/C21H24N2O4/c1-5-6-11-23-20(25)17(12-22)14(4)18(21(23)26)19(24)15-7-9-16(10-8-15)27-13(2)3/h7-10,13,26H,5-6,11H2,1-4H3. The van der Waals surface area contributed by atoms with Gasteiger partial charge in [-0.05, 0) is 57.0 Å². The molecule has 142 valence electrons. The van der Waals surface area contributed by atoms with Crippen LogP contribution in [0.25, 0.3) is 0 Å². The molecule has 0 saturated carbocycles. The molecule has 2 aromatic rings. The highest BCUT2D eigenvalue weighted by molar-refractivity contribution is 6.11. The maximum atomic E-state index is 13.0. The lowest BCUT2D eigenvalue weighted by Crippen LogP contribution is -2.26. The number of nitriles is 1. The van der Waals surface area contributed by atoms with Crippen molar-refractivity contribution in [1.29, 1.82) is 5.26 Å². The van der Waals surface area contributed by atoms with Gasteiger partial charge in [0.05, 0.1) is 11.7 Å². The van der Waals surface area contributed by atoms with Crippen molar-refractivity contribution in [3.8, 4) is 17.7 Å². The number of hydrogen-bond acceptors (Lipinski definition) is 5. The minimum absolute atomic E-state index is 0.0122. The van der Waals surface area contributed by atoms with Crippen molar-refractivity contribution >= 4 is 5.78 Å². The van der Waals surface area contributed by atoms with Gasteiger partial charge >= 0.3 is 0 Å². The van der Waals surface area contributed by atoms with Crippen molar-refractivity contribution in [2.45, 2.75) is 53.2 Å². The average Bonchev–Trinajstić information content (AvgIpc) is 2.62. The van der Waals surface area contributed by atoms with Gasteiger partial charge in [0, 0.05) is 12.1 Å². The van der Waals surface area contributed by atoms with Gasteiger partial charge in [-0.2, -0.15) is 5.26 Å². The second-order valence-electron chi connectivity index (χ2n) is 6.64. The van der Waals surface area contributed by atoms with Gasteiger partial charge in [0.25, 0.3) is 5.56 Å². The highest BCUT2D eigenvalue weighted by atomic mass is 16.5. The summed E-state index contributed by atoms with van der Waals surface area (Å²) in [5.41, 5.74) is -0.167. The minimum Gasteiger partial charge on any atom is -0.494 e. The first-order chi connectivity index (χ1) is 12.8. The number of unbranched alkanes of at least 4 members (excludes halogenated alkanes) is 1. The van der Waals surface area contributed by atoms with Crippen molar-refractivity contribution in [3.63, 3.8) is 0 Å². The number of pyridine rings is 1. The first kappa shape index (κ1) is 20.2. The summed E-state index contributed by atoms with van der Waals surface area (Å²) in [7, 11) is 0. The zero-order valence-electron chi connectivity index (χ0n) is 16.1. The Morgan fingerprint density at radius 1 is 1.30 bits per heavy atom. The number of aromatic hydroxyl groups is 1. The summed E-state index contributed by atoms with van der Waals surface area (Å²) in [6.07, 6.45) is 1.47. The Hall–Kier alpha value is -3.07. The van der Waals surface area contributed by atoms with Gasteiger partial charge < -0.3 is 9.84 Å². The molecule has 6 nitrogen and oxygen atoms in total. The number of hydrogen-bond donors (Lipinski definition) is 1. The fourth-order valence-corrected chi connectivity index (χ4v) is 2.85. The zero-order chi connectivity index (χ0) is 20.1. The SMILES string of the molecule is CCCCn1c(O)c(C(=O)c2ccc(OC(C)C)cc2)c(C)c(C#N)c1=O. The molecular formula is C21H24N2O4. The van der Waals surface area contributed by atoms with Crippen molar-refractivity contribution in [2.75, 3.05) is 0 Å². The number of carbonyl (C=O) groups is 1. The molecule has 0 atom stereocenters. The maximum absolute atomic E-state index is 13.0. The van der Waals surface area contributed by atoms with Gasteiger partial charge in [-0.3, -0.25) is 14.2 Å². The smallest absolute Gasteiger partial charge is 0.271 e. The Kier molecular flexibility index (Phi) is 6.40. The first-order valence-electron chi connectivity index (χ1n) is 8.99. The van der Waals surface area contributed by atoms with E-state index in [1.807, 2.05) is 26.8 Å². The largest absolute Gasteiger partial charge is 0.494 e. The molecule has 0 bridgehead atoms. The monoisotopic (exact) mass is 368 g/mol. The quantitative estimate of drug-likeness (QED) is 0.755. The molecule has 0 aliphatic rings. The first-order valence-corrected chi connectivity index (χ1v) is 8.99. The molecule has 0 spiro atoms. The van der Waals surface area contributed by atoms with Crippen LogP contribution in [-0.2, 0) is 6.54 Å². The third-order valence-electron chi connectivity index (χ3n) is 4.25. The molecule has 0 amide bonds. The fourth-order valence-electron chi connectivity index (χ4n) is 2.85. The van der Waals surface area contributed by atoms with Crippen molar-refractivity contribution in [3.05, 3.63) is 56.9 Å². The van der Waals surface area contributed by atoms with Crippen LogP contribution < -0.4 is 10.3 Å². The number of ether oxygens (including phenoxy) is 1. The van der Waals surface area contributed by atoms with Crippen molar-refractivity contribution in [1.82, 2.24) is 4.57 Å². The zero-order valence-corrected chi connectivity index (χ0v) is 16.1. The van der Waals surface area contributed by atoms with Crippen LogP contribution in [0.15, 0.2) is 29.1 Å². The lowest BCUT2D eigenvalue weighted by Gasteiger charge is -2.15. The number of rotatable bonds is 7. The molecule has 1 heterocycles. The summed E-state index contributed by atoms with van der Waals surface area (Å²) in [6.45, 7) is 7.52. The fraction of sp³-hybridized carbons (Fsp3) is 0.381. The van der Waals surface area contributed by atoms with E-state index in [1.165, 1.54) is 6.92 Å². The maximum Gasteiger partial charge on any atom is 0.271 e. The predicted molar refractivity (Wildman–Crippen MR) is 102 cm³/mol. The number of aromatic nitrogens is 1. The Morgan fingerprint density at radius 3 is 2.44 bits per heavy atom. The van der Waals surface area contributed by atoms with Crippen LogP contribution in [-0.4, -0.2) is 21.6 Å². The Morgan fingerprint density at radius 2 is 1.93 bits per heavy atom. The van der Waals surface area contributed by atoms with E-state index in [-0.39, 0.29) is 29.3 Å². The summed E-state index contributed by atoms with van der Waals surface area (Å²) in [5, 5.41) is 20.0. The van der Waals surface area contributed by atoms with Crippen LogP contribution in [0.4, 0.5) is 0 Å². The van der Waals surface area contributed by atoms with Gasteiger partial charge in [0.1, 0.15) is 17.4 Å². The van der Waals surface area contributed by atoms with E-state index in [1.54, 1.807) is 24.3 Å². The van der Waals surface area contributed by atoms with Crippen LogP contribution in [0.5, 0.6) is 11.6 Å². The van der Waals surface area contributed by atoms with E-state index in [2.05, 4.69) is 0 Å². The molecule has 2 rings (SSSR count). The predicted octanol–water partition coefficient (Wildman–Crippen LogP) is 3.55. The van der Waals surface area contributed by atoms with Crippen LogP contribution in [0.3, 0.4) is 0 Å². The summed E-state index contributed by atoms with van der Waals surface area (Å²) in [6, 6.07) is 8.43. The number of carbonyl (C=O) groups excluding carboxylic acids is 1. The number of benzene rings is 1. The Balaban J connectivity index is 2.55. The molecule has 0 radical (unpaired) electrons. The normalized spacial score (nSPS) is 10.7. The average molecular weight is 368 g/mol. The summed E-state index contributed by atoms with van der Waals surface area (Å²) < 4.78 is 6.68. The lowest BCUT2D eigenvalue weighted by atomic mass is 9.97. The van der Waals surface area contributed by atoms with E-state index in [9.17, 15) is 20.0 Å². The summed E-state index contributed by atoms with van der Waals surface area (Å²) in [4.78, 5) is 25.5. The van der Waals surface area contributed by atoms with Crippen LogP contribution in [0, 0.1) is 18.3 Å². The van der Waals surface area contributed by atoms with Gasteiger partial charge in [-0.1, -0.05) is 13.3 Å². The topological polar surface area (TPSA) is 92.3 Å². The molecule has 0 unspecified atom stereocenters. The lowest BCUT2D eigenvalue weighted by molar-refractivity contribution is 0.103.